The van der Waals surface area contributed by atoms with Gasteiger partial charge in [-0.15, -0.1) is 0 Å². The van der Waals surface area contributed by atoms with E-state index >= 15 is 0 Å². The Bertz CT molecular complexity index is 447. The normalized spacial score (nSPS) is 18.7. The summed E-state index contributed by atoms with van der Waals surface area (Å²) in [5.41, 5.74) is 2.82. The Morgan fingerprint density at radius 1 is 1.50 bits per heavy atom. The third-order valence-electron chi connectivity index (χ3n) is 3.67. The number of benzene rings is 1. The van der Waals surface area contributed by atoms with E-state index in [-0.39, 0.29) is 6.42 Å². The van der Waals surface area contributed by atoms with Gasteiger partial charge >= 0.3 is 5.97 Å². The second-order valence-corrected chi connectivity index (χ2v) is 5.85. The molecule has 0 radical (unpaired) electrons. The fourth-order valence-electron chi connectivity index (χ4n) is 2.54. The predicted molar refractivity (Wildman–Crippen MR) is 74.8 cm³/mol. The number of halogens is 1. The first-order chi connectivity index (χ1) is 8.56. The van der Waals surface area contributed by atoms with E-state index in [4.69, 9.17) is 5.11 Å². The van der Waals surface area contributed by atoms with E-state index in [0.717, 1.165) is 23.7 Å². The number of fused-ring (bicyclic) bond motifs is 1. The number of aryl methyl sites for hydroxylation is 1. The van der Waals surface area contributed by atoms with Crippen LogP contribution >= 0.6 is 15.9 Å². The number of carboxylic acids is 1. The molecule has 0 bridgehead atoms. The molecule has 0 fully saturated rings. The summed E-state index contributed by atoms with van der Waals surface area (Å²) in [5, 5.41) is 8.72. The molecule has 0 heterocycles. The predicted octanol–water partition coefficient (Wildman–Crippen LogP) is 2.71. The van der Waals surface area contributed by atoms with Gasteiger partial charge in [0.05, 0.1) is 6.42 Å². The van der Waals surface area contributed by atoms with Gasteiger partial charge < -0.3 is 10.0 Å². The minimum absolute atomic E-state index is 0.222. The van der Waals surface area contributed by atoms with Crippen LogP contribution in [0.2, 0.25) is 0 Å². The highest BCUT2D eigenvalue weighted by atomic mass is 79.9. The maximum atomic E-state index is 10.6. The van der Waals surface area contributed by atoms with Crippen LogP contribution in [-0.2, 0) is 17.6 Å². The lowest BCUT2D eigenvalue weighted by molar-refractivity contribution is -0.137. The quantitative estimate of drug-likeness (QED) is 0.929. The van der Waals surface area contributed by atoms with Gasteiger partial charge in [-0.05, 0) is 49.6 Å². The lowest BCUT2D eigenvalue weighted by Gasteiger charge is -2.32. The summed E-state index contributed by atoms with van der Waals surface area (Å²) in [6.45, 7) is 0.631. The standard InChI is InChI=1S/C14H18BrNO2/c1-16(7-6-14(17)18)13-5-3-10-8-12(15)4-2-11(10)9-13/h2,4,8,13H,3,5-7,9H2,1H3,(H,17,18). The molecule has 1 aromatic carbocycles. The van der Waals surface area contributed by atoms with E-state index in [1.54, 1.807) is 0 Å². The van der Waals surface area contributed by atoms with E-state index in [2.05, 4.69) is 39.0 Å². The number of likely N-dealkylation sites (N-methyl/N-ethyl adjacent to an activating group) is 1. The smallest absolute Gasteiger partial charge is 0.304 e. The highest BCUT2D eigenvalue weighted by molar-refractivity contribution is 9.10. The molecule has 0 amide bonds. The fraction of sp³-hybridized carbons (Fsp3) is 0.500. The van der Waals surface area contributed by atoms with E-state index in [1.807, 2.05) is 7.05 Å². The third-order valence-corrected chi connectivity index (χ3v) is 4.17. The molecule has 1 N–H and O–H groups in total. The van der Waals surface area contributed by atoms with Crippen molar-refractivity contribution in [3.05, 3.63) is 33.8 Å². The zero-order valence-corrected chi connectivity index (χ0v) is 12.1. The van der Waals surface area contributed by atoms with Gasteiger partial charge in [0.25, 0.3) is 0 Å². The van der Waals surface area contributed by atoms with Gasteiger partial charge in [0.2, 0.25) is 0 Å². The lowest BCUT2D eigenvalue weighted by Crippen LogP contribution is -2.37. The molecular formula is C14H18BrNO2. The van der Waals surface area contributed by atoms with Crippen LogP contribution < -0.4 is 0 Å². The van der Waals surface area contributed by atoms with Crippen molar-refractivity contribution in [2.75, 3.05) is 13.6 Å². The highest BCUT2D eigenvalue weighted by Crippen LogP contribution is 2.26. The summed E-state index contributed by atoms with van der Waals surface area (Å²) in [6, 6.07) is 6.93. The fourth-order valence-corrected chi connectivity index (χ4v) is 2.94. The zero-order chi connectivity index (χ0) is 13.1. The van der Waals surface area contributed by atoms with E-state index in [9.17, 15) is 4.79 Å². The van der Waals surface area contributed by atoms with Gasteiger partial charge in [-0.1, -0.05) is 22.0 Å². The number of nitrogens with zero attached hydrogens (tertiary/aromatic N) is 1. The van der Waals surface area contributed by atoms with Crippen LogP contribution in [0.25, 0.3) is 0 Å². The van der Waals surface area contributed by atoms with E-state index < -0.39 is 5.97 Å². The van der Waals surface area contributed by atoms with Gasteiger partial charge in [-0.25, -0.2) is 0 Å². The van der Waals surface area contributed by atoms with Crippen LogP contribution in [-0.4, -0.2) is 35.6 Å². The van der Waals surface area contributed by atoms with Crippen molar-refractivity contribution in [2.24, 2.45) is 0 Å². The van der Waals surface area contributed by atoms with Crippen molar-refractivity contribution in [2.45, 2.75) is 31.7 Å². The second kappa shape index (κ2) is 5.85. The number of carbonyl (C=O) groups is 1. The molecule has 1 aliphatic rings. The minimum atomic E-state index is -0.720. The monoisotopic (exact) mass is 311 g/mol. The molecule has 1 aromatic rings. The molecule has 3 nitrogen and oxygen atoms in total. The summed E-state index contributed by atoms with van der Waals surface area (Å²) >= 11 is 3.50. The average Bonchev–Trinajstić information content (AvgIpc) is 2.35. The Morgan fingerprint density at radius 3 is 3.00 bits per heavy atom. The molecular weight excluding hydrogens is 294 g/mol. The van der Waals surface area contributed by atoms with Gasteiger partial charge in [0, 0.05) is 17.1 Å². The summed E-state index contributed by atoms with van der Waals surface area (Å²) in [6.07, 6.45) is 3.44. The zero-order valence-electron chi connectivity index (χ0n) is 10.5. The first kappa shape index (κ1) is 13.6. The Kier molecular flexibility index (Phi) is 4.40. The number of carboxylic acid groups (broad SMARTS) is 1. The molecule has 0 aromatic heterocycles. The average molecular weight is 312 g/mol. The molecule has 98 valence electrons. The summed E-state index contributed by atoms with van der Waals surface area (Å²) in [4.78, 5) is 12.8. The number of rotatable bonds is 4. The SMILES string of the molecule is CN(CCC(=O)O)C1CCc2cc(Br)ccc2C1. The minimum Gasteiger partial charge on any atom is -0.481 e. The molecule has 1 unspecified atom stereocenters. The second-order valence-electron chi connectivity index (χ2n) is 4.93. The van der Waals surface area contributed by atoms with E-state index in [1.165, 1.54) is 11.1 Å². The molecule has 0 saturated heterocycles. The van der Waals surface area contributed by atoms with Crippen LogP contribution in [0.4, 0.5) is 0 Å². The van der Waals surface area contributed by atoms with Crippen molar-refractivity contribution in [3.8, 4) is 0 Å². The number of aliphatic carboxylic acids is 1. The summed E-state index contributed by atoms with van der Waals surface area (Å²) < 4.78 is 1.14. The van der Waals surface area contributed by atoms with Crippen LogP contribution in [0.3, 0.4) is 0 Å². The molecule has 18 heavy (non-hydrogen) atoms. The number of hydrogen-bond donors (Lipinski definition) is 1. The largest absolute Gasteiger partial charge is 0.481 e. The van der Waals surface area contributed by atoms with Gasteiger partial charge in [0.1, 0.15) is 0 Å². The first-order valence-electron chi connectivity index (χ1n) is 6.25. The molecule has 0 spiro atoms. The Labute approximate surface area is 116 Å². The van der Waals surface area contributed by atoms with Crippen molar-refractivity contribution in [1.29, 1.82) is 0 Å². The number of hydrogen-bond acceptors (Lipinski definition) is 2. The molecule has 2 rings (SSSR count). The van der Waals surface area contributed by atoms with Crippen molar-refractivity contribution < 1.29 is 9.90 Å². The highest BCUT2D eigenvalue weighted by Gasteiger charge is 2.22. The van der Waals surface area contributed by atoms with Crippen molar-refractivity contribution >= 4 is 21.9 Å². The van der Waals surface area contributed by atoms with Crippen molar-refractivity contribution in [1.82, 2.24) is 4.90 Å². The Balaban J connectivity index is 1.98. The molecule has 0 saturated carbocycles. The van der Waals surface area contributed by atoms with Crippen LogP contribution in [0, 0.1) is 0 Å². The maximum Gasteiger partial charge on any atom is 0.304 e. The molecule has 0 aliphatic heterocycles. The lowest BCUT2D eigenvalue weighted by atomic mass is 9.87. The topological polar surface area (TPSA) is 40.5 Å². The Morgan fingerprint density at radius 2 is 2.28 bits per heavy atom. The Hall–Kier alpha value is -0.870. The van der Waals surface area contributed by atoms with E-state index in [0.29, 0.717) is 12.6 Å². The molecule has 4 heteroatoms. The van der Waals surface area contributed by atoms with Gasteiger partial charge in [-0.3, -0.25) is 4.79 Å². The van der Waals surface area contributed by atoms with Crippen LogP contribution in [0.1, 0.15) is 24.0 Å². The van der Waals surface area contributed by atoms with Gasteiger partial charge in [-0.2, -0.15) is 0 Å². The third kappa shape index (κ3) is 3.33. The molecule has 1 atom stereocenters. The van der Waals surface area contributed by atoms with Crippen molar-refractivity contribution in [3.63, 3.8) is 0 Å². The summed E-state index contributed by atoms with van der Waals surface area (Å²) in [7, 11) is 2.03. The maximum absolute atomic E-state index is 10.6. The van der Waals surface area contributed by atoms with Gasteiger partial charge in [0.15, 0.2) is 0 Å². The van der Waals surface area contributed by atoms with Crippen LogP contribution in [0.5, 0.6) is 0 Å². The first-order valence-corrected chi connectivity index (χ1v) is 7.05. The molecule has 1 aliphatic carbocycles. The summed E-state index contributed by atoms with van der Waals surface area (Å²) in [5.74, 6) is -0.720. The van der Waals surface area contributed by atoms with Crippen LogP contribution in [0.15, 0.2) is 22.7 Å².